The van der Waals surface area contributed by atoms with Gasteiger partial charge in [-0.15, -0.1) is 0 Å². The molecule has 3 heterocycles. The molecule has 1 fully saturated rings. The van der Waals surface area contributed by atoms with Crippen molar-refractivity contribution in [2.45, 2.75) is 18.8 Å². The van der Waals surface area contributed by atoms with Crippen LogP contribution in [0.3, 0.4) is 0 Å². The third-order valence-electron chi connectivity index (χ3n) is 8.33. The summed E-state index contributed by atoms with van der Waals surface area (Å²) in [7, 11) is 5.53. The number of halogens is 1. The molecule has 0 saturated carbocycles. The third-order valence-corrected chi connectivity index (χ3v) is 9.07. The largest absolute Gasteiger partial charge is 0.455 e. The lowest BCUT2D eigenvalue weighted by Crippen LogP contribution is -2.40. The molecule has 9 heteroatoms. The maximum atomic E-state index is 13.8. The first kappa shape index (κ1) is 27.9. The van der Waals surface area contributed by atoms with E-state index in [-0.39, 0.29) is 23.5 Å². The van der Waals surface area contributed by atoms with Gasteiger partial charge in [-0.3, -0.25) is 9.59 Å². The van der Waals surface area contributed by atoms with Gasteiger partial charge in [0.25, 0.3) is 11.8 Å². The highest BCUT2D eigenvalue weighted by Gasteiger charge is 2.31. The van der Waals surface area contributed by atoms with Gasteiger partial charge in [0.2, 0.25) is 0 Å². The van der Waals surface area contributed by atoms with E-state index in [0.717, 1.165) is 35.0 Å². The minimum absolute atomic E-state index is 0.0206. The van der Waals surface area contributed by atoms with Crippen LogP contribution in [-0.4, -0.2) is 54.7 Å². The number of aryl methyl sites for hydroxylation is 1. The van der Waals surface area contributed by atoms with Gasteiger partial charge >= 0.3 is 0 Å². The molecule has 1 saturated heterocycles. The summed E-state index contributed by atoms with van der Waals surface area (Å²) in [6, 6.07) is 20.0. The number of amides is 2. The van der Waals surface area contributed by atoms with E-state index in [4.69, 9.17) is 4.42 Å². The molecule has 6 rings (SSSR count). The van der Waals surface area contributed by atoms with E-state index in [1.54, 1.807) is 31.1 Å². The van der Waals surface area contributed by atoms with Crippen molar-refractivity contribution in [1.82, 2.24) is 14.8 Å². The van der Waals surface area contributed by atoms with E-state index < -0.39 is 0 Å². The maximum Gasteiger partial charge on any atom is 0.270 e. The van der Waals surface area contributed by atoms with Gasteiger partial charge in [0.15, 0.2) is 0 Å². The number of hydrogen-bond donors (Lipinski definition) is 1. The third kappa shape index (κ3) is 4.81. The summed E-state index contributed by atoms with van der Waals surface area (Å²) in [5.74, 6) is -0.153. The van der Waals surface area contributed by atoms with Crippen LogP contribution < -0.4 is 9.62 Å². The Kier molecular flexibility index (Phi) is 7.45. The van der Waals surface area contributed by atoms with Crippen molar-refractivity contribution in [3.63, 3.8) is 0 Å². The highest BCUT2D eigenvalue weighted by atomic mass is 32.2. The minimum atomic E-state index is -0.359. The molecule has 3 aromatic carbocycles. The van der Waals surface area contributed by atoms with Crippen molar-refractivity contribution < 1.29 is 18.4 Å². The van der Waals surface area contributed by atoms with Crippen molar-refractivity contribution in [2.24, 2.45) is 7.05 Å². The summed E-state index contributed by atoms with van der Waals surface area (Å²) in [6.45, 7) is 1.26. The average Bonchev–Trinajstić information content (AvgIpc) is 3.57. The van der Waals surface area contributed by atoms with Gasteiger partial charge in [0, 0.05) is 74.3 Å². The fourth-order valence-electron chi connectivity index (χ4n) is 6.07. The van der Waals surface area contributed by atoms with Crippen LogP contribution in [0.2, 0.25) is 0 Å². The zero-order chi connectivity index (χ0) is 29.5. The summed E-state index contributed by atoms with van der Waals surface area (Å²) in [5.41, 5.74) is 5.35. The molecule has 0 bridgehead atoms. The van der Waals surface area contributed by atoms with Crippen molar-refractivity contribution in [2.75, 3.05) is 37.7 Å². The van der Waals surface area contributed by atoms with Gasteiger partial charge in [0.05, 0.1) is 11.3 Å². The summed E-state index contributed by atoms with van der Waals surface area (Å²) >= 11 is 1.58. The lowest BCUT2D eigenvalue weighted by molar-refractivity contribution is 0.0698. The molecule has 0 aliphatic carbocycles. The van der Waals surface area contributed by atoms with E-state index in [1.807, 2.05) is 72.3 Å². The second-order valence-corrected chi connectivity index (χ2v) is 11.6. The first-order valence-corrected chi connectivity index (χ1v) is 15.2. The first-order chi connectivity index (χ1) is 20.3. The standard InChI is InChI=1S/C33H33FN4O3S/c1-35-32(39)30-25-17-24(27(37(3)42-4)18-29(25)41-31(30)20-11-13-23(34)14-12-20)22-9-7-15-38(19-22)33(40)28-16-21-8-5-6-10-26(21)36(28)2/h5-6,8,10-14,16-18,22H,7,9,15,19H2,1-4H3,(H,35,39). The second kappa shape index (κ2) is 11.2. The van der Waals surface area contributed by atoms with E-state index in [0.29, 0.717) is 46.6 Å². The number of benzene rings is 3. The molecule has 5 aromatic rings. The van der Waals surface area contributed by atoms with E-state index in [2.05, 4.69) is 9.62 Å². The number of fused-ring (bicyclic) bond motifs is 2. The Morgan fingerprint density at radius 2 is 1.86 bits per heavy atom. The Labute approximate surface area is 248 Å². The Morgan fingerprint density at radius 3 is 2.57 bits per heavy atom. The molecule has 1 N–H and O–H groups in total. The number of nitrogens with one attached hydrogen (secondary N) is 1. The number of rotatable bonds is 6. The number of para-hydroxylation sites is 1. The number of hydrogen-bond acceptors (Lipinski definition) is 5. The molecule has 2 amide bonds. The van der Waals surface area contributed by atoms with Crippen LogP contribution in [0.15, 0.2) is 71.1 Å². The molecule has 1 unspecified atom stereocenters. The monoisotopic (exact) mass is 584 g/mol. The van der Waals surface area contributed by atoms with Crippen LogP contribution in [0.4, 0.5) is 10.1 Å². The van der Waals surface area contributed by atoms with Crippen LogP contribution in [0, 0.1) is 5.82 Å². The van der Waals surface area contributed by atoms with Crippen molar-refractivity contribution in [1.29, 1.82) is 0 Å². The van der Waals surface area contributed by atoms with Gasteiger partial charge in [-0.1, -0.05) is 30.1 Å². The van der Waals surface area contributed by atoms with Crippen LogP contribution >= 0.6 is 11.9 Å². The van der Waals surface area contributed by atoms with E-state index in [1.165, 1.54) is 12.1 Å². The molecule has 42 heavy (non-hydrogen) atoms. The summed E-state index contributed by atoms with van der Waals surface area (Å²) in [6.07, 6.45) is 3.79. The number of carbonyl (C=O) groups is 2. The van der Waals surface area contributed by atoms with Crippen LogP contribution in [0.1, 0.15) is 45.2 Å². The molecule has 1 aliphatic rings. The van der Waals surface area contributed by atoms with Crippen LogP contribution in [0.25, 0.3) is 33.2 Å². The normalized spacial score (nSPS) is 15.4. The molecule has 2 aromatic heterocycles. The Morgan fingerprint density at radius 1 is 1.10 bits per heavy atom. The SMILES string of the molecule is CNC(=O)c1c(-c2ccc(F)cc2)oc2cc(N(C)SC)c(C3CCCN(C(=O)c4cc5ccccc5n4C)C3)cc12. The Balaban J connectivity index is 1.43. The van der Waals surface area contributed by atoms with Crippen molar-refractivity contribution >= 4 is 51.3 Å². The summed E-state index contributed by atoms with van der Waals surface area (Å²) in [5, 5.41) is 4.48. The smallest absolute Gasteiger partial charge is 0.270 e. The van der Waals surface area contributed by atoms with Crippen LogP contribution in [-0.2, 0) is 7.05 Å². The second-order valence-electron chi connectivity index (χ2n) is 10.7. The number of anilines is 1. The number of carbonyl (C=O) groups excluding carboxylic acids is 2. The van der Waals surface area contributed by atoms with Gasteiger partial charge in [-0.25, -0.2) is 4.39 Å². The molecular weight excluding hydrogens is 551 g/mol. The Bertz CT molecular complexity index is 1810. The summed E-state index contributed by atoms with van der Waals surface area (Å²) in [4.78, 5) is 29.0. The lowest BCUT2D eigenvalue weighted by Gasteiger charge is -2.35. The maximum absolute atomic E-state index is 13.8. The average molecular weight is 585 g/mol. The first-order valence-electron chi connectivity index (χ1n) is 14.0. The number of piperidine rings is 1. The predicted molar refractivity (Wildman–Crippen MR) is 168 cm³/mol. The van der Waals surface area contributed by atoms with E-state index >= 15 is 0 Å². The predicted octanol–water partition coefficient (Wildman–Crippen LogP) is 6.82. The minimum Gasteiger partial charge on any atom is -0.455 e. The molecule has 1 aliphatic heterocycles. The van der Waals surface area contributed by atoms with Crippen molar-refractivity contribution in [3.8, 4) is 11.3 Å². The Hall–Kier alpha value is -4.24. The summed E-state index contributed by atoms with van der Waals surface area (Å²) < 4.78 is 24.0. The molecule has 216 valence electrons. The van der Waals surface area contributed by atoms with Gasteiger partial charge in [-0.2, -0.15) is 0 Å². The molecular formula is C33H33FN4O3S. The molecule has 0 spiro atoms. The topological polar surface area (TPSA) is 70.7 Å². The number of furan rings is 1. The molecule has 0 radical (unpaired) electrons. The van der Waals surface area contributed by atoms with Gasteiger partial charge < -0.3 is 23.5 Å². The van der Waals surface area contributed by atoms with Gasteiger partial charge in [0.1, 0.15) is 22.9 Å². The fourth-order valence-corrected chi connectivity index (χ4v) is 6.43. The highest BCUT2D eigenvalue weighted by Crippen LogP contribution is 2.42. The van der Waals surface area contributed by atoms with E-state index in [9.17, 15) is 14.0 Å². The van der Waals surface area contributed by atoms with Gasteiger partial charge in [-0.05, 0) is 60.9 Å². The fraction of sp³-hybridized carbons (Fsp3) is 0.273. The molecule has 1 atom stereocenters. The highest BCUT2D eigenvalue weighted by molar-refractivity contribution is 7.99. The van der Waals surface area contributed by atoms with Crippen molar-refractivity contribution in [3.05, 3.63) is 89.4 Å². The number of nitrogens with zero attached hydrogens (tertiary/aromatic N) is 3. The quantitative estimate of drug-likeness (QED) is 0.222. The zero-order valence-electron chi connectivity index (χ0n) is 24.1. The van der Waals surface area contributed by atoms with Crippen LogP contribution in [0.5, 0.6) is 0 Å². The number of aromatic nitrogens is 1. The lowest BCUT2D eigenvalue weighted by atomic mass is 9.88. The molecule has 7 nitrogen and oxygen atoms in total. The zero-order valence-corrected chi connectivity index (χ0v) is 24.9. The number of likely N-dealkylation sites (tertiary alicyclic amines) is 1.